The van der Waals surface area contributed by atoms with Crippen LogP contribution in [0.15, 0.2) is 36.4 Å². The SMILES string of the molecule is COCC1CCN(C(=O)CCC(=O)c2ccc3c(c2)nc(Nc2nc4ccc(OC(F)(F)F)cc4s2)n3C)CC1. The number of halogens is 3. The number of benzene rings is 2. The van der Waals surface area contributed by atoms with Crippen LogP contribution in [-0.4, -0.2) is 64.3 Å². The Morgan fingerprint density at radius 1 is 1.07 bits per heavy atom. The Hall–Kier alpha value is -3.71. The Labute approximate surface area is 231 Å². The second-order valence-electron chi connectivity index (χ2n) is 9.72. The Kier molecular flexibility index (Phi) is 7.95. The maximum Gasteiger partial charge on any atom is 0.573 e. The molecule has 9 nitrogen and oxygen atoms in total. The molecule has 0 aliphatic carbocycles. The number of aromatic nitrogens is 3. The molecule has 40 heavy (non-hydrogen) atoms. The van der Waals surface area contributed by atoms with Crippen molar-refractivity contribution in [2.75, 3.05) is 32.1 Å². The Balaban J connectivity index is 1.23. The molecule has 212 valence electrons. The number of alkyl halides is 3. The number of likely N-dealkylation sites (tertiary alicyclic amines) is 1. The summed E-state index contributed by atoms with van der Waals surface area (Å²) in [6.45, 7) is 2.08. The minimum absolute atomic E-state index is 0.0115. The molecule has 0 saturated carbocycles. The number of nitrogens with one attached hydrogen (secondary N) is 1. The van der Waals surface area contributed by atoms with E-state index in [0.29, 0.717) is 58.0 Å². The van der Waals surface area contributed by atoms with Crippen molar-refractivity contribution in [2.45, 2.75) is 32.0 Å². The summed E-state index contributed by atoms with van der Waals surface area (Å²) >= 11 is 1.16. The molecule has 0 unspecified atom stereocenters. The molecule has 4 aromatic rings. The number of ether oxygens (including phenoxy) is 2. The summed E-state index contributed by atoms with van der Waals surface area (Å²) in [5, 5.41) is 3.55. The fraction of sp³-hybridized carbons (Fsp3) is 0.407. The number of carbonyl (C=O) groups is 2. The van der Waals surface area contributed by atoms with Gasteiger partial charge in [-0.1, -0.05) is 11.3 Å². The molecule has 5 rings (SSSR count). The zero-order valence-electron chi connectivity index (χ0n) is 22.0. The predicted octanol–water partition coefficient (Wildman–Crippen LogP) is 5.67. The lowest BCUT2D eigenvalue weighted by Gasteiger charge is -2.31. The first kappa shape index (κ1) is 27.8. The van der Waals surface area contributed by atoms with Crippen LogP contribution >= 0.6 is 11.3 Å². The Bertz CT molecular complexity index is 1540. The van der Waals surface area contributed by atoms with Crippen molar-refractivity contribution in [3.05, 3.63) is 42.0 Å². The van der Waals surface area contributed by atoms with Gasteiger partial charge in [-0.05, 0) is 49.1 Å². The highest BCUT2D eigenvalue weighted by atomic mass is 32.1. The monoisotopic (exact) mass is 575 g/mol. The molecule has 1 aliphatic heterocycles. The van der Waals surface area contributed by atoms with Crippen LogP contribution < -0.4 is 10.1 Å². The average Bonchev–Trinajstić information content (AvgIpc) is 3.45. The largest absolute Gasteiger partial charge is 0.573 e. The average molecular weight is 576 g/mol. The summed E-state index contributed by atoms with van der Waals surface area (Å²) in [4.78, 5) is 36.3. The molecule has 1 saturated heterocycles. The minimum Gasteiger partial charge on any atom is -0.406 e. The first-order chi connectivity index (χ1) is 19.1. The van der Waals surface area contributed by atoms with Gasteiger partial charge in [-0.15, -0.1) is 13.2 Å². The molecule has 1 N–H and O–H groups in total. The predicted molar refractivity (Wildman–Crippen MR) is 145 cm³/mol. The molecule has 0 bridgehead atoms. The molecule has 1 amide bonds. The summed E-state index contributed by atoms with van der Waals surface area (Å²) in [5.41, 5.74) is 2.35. The molecule has 2 aromatic heterocycles. The van der Waals surface area contributed by atoms with Gasteiger partial charge in [0.2, 0.25) is 11.9 Å². The number of fused-ring (bicyclic) bond motifs is 2. The van der Waals surface area contributed by atoms with E-state index in [-0.39, 0.29) is 30.3 Å². The normalized spacial score (nSPS) is 14.7. The number of amides is 1. The number of rotatable bonds is 9. The van der Waals surface area contributed by atoms with E-state index in [0.717, 1.165) is 29.7 Å². The van der Waals surface area contributed by atoms with E-state index in [4.69, 9.17) is 4.74 Å². The van der Waals surface area contributed by atoms with Gasteiger partial charge < -0.3 is 24.3 Å². The third kappa shape index (κ3) is 6.36. The van der Waals surface area contributed by atoms with Gasteiger partial charge in [-0.2, -0.15) is 0 Å². The summed E-state index contributed by atoms with van der Waals surface area (Å²) < 4.78 is 49.2. The second kappa shape index (κ2) is 11.4. The van der Waals surface area contributed by atoms with Gasteiger partial charge in [0.05, 0.1) is 21.3 Å². The minimum atomic E-state index is -4.77. The van der Waals surface area contributed by atoms with E-state index in [1.165, 1.54) is 18.2 Å². The van der Waals surface area contributed by atoms with Gasteiger partial charge in [0.1, 0.15) is 5.75 Å². The summed E-state index contributed by atoms with van der Waals surface area (Å²) in [6.07, 6.45) is -2.68. The Morgan fingerprint density at radius 3 is 2.58 bits per heavy atom. The molecule has 2 aromatic carbocycles. The van der Waals surface area contributed by atoms with Crippen molar-refractivity contribution < 1.29 is 32.2 Å². The number of aryl methyl sites for hydroxylation is 1. The molecule has 13 heteroatoms. The maximum absolute atomic E-state index is 12.9. The fourth-order valence-corrected chi connectivity index (χ4v) is 5.73. The van der Waals surface area contributed by atoms with Crippen molar-refractivity contribution in [3.63, 3.8) is 0 Å². The standard InChI is InChI=1S/C27H28F3N5O4S/c1-34-21-6-3-17(22(36)7-8-24(37)35-11-9-16(10-12-35)15-38-2)13-20(21)31-25(34)33-26-32-19-5-4-18(14-23(19)40-26)39-27(28,29)30/h3-6,13-14,16H,7-12,15H2,1-2H3,(H,31,32,33). The Morgan fingerprint density at radius 2 is 1.85 bits per heavy atom. The first-order valence-corrected chi connectivity index (χ1v) is 13.6. The van der Waals surface area contributed by atoms with Crippen molar-refractivity contribution in [1.29, 1.82) is 0 Å². The fourth-order valence-electron chi connectivity index (χ4n) is 4.84. The number of hydrogen-bond donors (Lipinski definition) is 1. The number of nitrogens with zero attached hydrogens (tertiary/aromatic N) is 4. The molecule has 1 aliphatic rings. The lowest BCUT2D eigenvalue weighted by Crippen LogP contribution is -2.39. The van der Waals surface area contributed by atoms with E-state index < -0.39 is 6.36 Å². The van der Waals surface area contributed by atoms with Crippen LogP contribution in [0.3, 0.4) is 0 Å². The molecule has 1 fully saturated rings. The summed E-state index contributed by atoms with van der Waals surface area (Å²) in [5.74, 6) is 0.469. The molecule has 0 spiro atoms. The number of carbonyl (C=O) groups excluding carboxylic acids is 2. The number of thiazole rings is 1. The third-order valence-electron chi connectivity index (χ3n) is 6.95. The number of ketones is 1. The topological polar surface area (TPSA) is 98.6 Å². The third-order valence-corrected chi connectivity index (χ3v) is 7.88. The van der Waals surface area contributed by atoms with Crippen molar-refractivity contribution in [2.24, 2.45) is 13.0 Å². The number of hydrogen-bond acceptors (Lipinski definition) is 8. The van der Waals surface area contributed by atoms with Crippen LogP contribution in [0.25, 0.3) is 21.3 Å². The number of imidazole rings is 1. The van der Waals surface area contributed by atoms with Crippen LogP contribution in [0, 0.1) is 5.92 Å². The van der Waals surface area contributed by atoms with Crippen LogP contribution in [0.2, 0.25) is 0 Å². The summed E-state index contributed by atoms with van der Waals surface area (Å²) in [6, 6.07) is 9.17. The highest BCUT2D eigenvalue weighted by molar-refractivity contribution is 7.22. The number of anilines is 2. The van der Waals surface area contributed by atoms with Crippen LogP contribution in [-0.2, 0) is 16.6 Å². The van der Waals surface area contributed by atoms with Crippen LogP contribution in [0.4, 0.5) is 24.3 Å². The van der Waals surface area contributed by atoms with E-state index in [1.54, 1.807) is 36.9 Å². The first-order valence-electron chi connectivity index (χ1n) is 12.8. The van der Waals surface area contributed by atoms with Gasteiger partial charge in [0.15, 0.2) is 10.9 Å². The van der Waals surface area contributed by atoms with Crippen molar-refractivity contribution >= 4 is 55.4 Å². The van der Waals surface area contributed by atoms with E-state index in [2.05, 4.69) is 20.0 Å². The quantitative estimate of drug-likeness (QED) is 0.257. The lowest BCUT2D eigenvalue weighted by atomic mass is 9.97. The summed E-state index contributed by atoms with van der Waals surface area (Å²) in [7, 11) is 3.49. The molecular formula is C27H28F3N5O4S. The number of methoxy groups -OCH3 is 1. The number of piperidine rings is 1. The van der Waals surface area contributed by atoms with Crippen LogP contribution in [0.5, 0.6) is 5.75 Å². The zero-order chi connectivity index (χ0) is 28.4. The maximum atomic E-state index is 12.9. The number of Topliss-reactive ketones (excluding diaryl/α,β-unsaturated/α-hetero) is 1. The van der Waals surface area contributed by atoms with Gasteiger partial charge >= 0.3 is 6.36 Å². The van der Waals surface area contributed by atoms with Gasteiger partial charge in [0.25, 0.3) is 0 Å². The van der Waals surface area contributed by atoms with E-state index in [9.17, 15) is 22.8 Å². The molecular weight excluding hydrogens is 547 g/mol. The smallest absolute Gasteiger partial charge is 0.406 e. The second-order valence-corrected chi connectivity index (χ2v) is 10.8. The highest BCUT2D eigenvalue weighted by Crippen LogP contribution is 2.33. The molecule has 0 atom stereocenters. The van der Waals surface area contributed by atoms with Crippen molar-refractivity contribution in [3.8, 4) is 5.75 Å². The van der Waals surface area contributed by atoms with Crippen LogP contribution in [0.1, 0.15) is 36.0 Å². The van der Waals surface area contributed by atoms with Crippen molar-refractivity contribution in [1.82, 2.24) is 19.4 Å². The van der Waals surface area contributed by atoms with E-state index in [1.807, 2.05) is 4.90 Å². The molecule has 0 radical (unpaired) electrons. The van der Waals surface area contributed by atoms with Gasteiger partial charge in [-0.3, -0.25) is 9.59 Å². The van der Waals surface area contributed by atoms with Gasteiger partial charge in [0, 0.05) is 58.3 Å². The van der Waals surface area contributed by atoms with E-state index >= 15 is 0 Å². The lowest BCUT2D eigenvalue weighted by molar-refractivity contribution is -0.274. The zero-order valence-corrected chi connectivity index (χ0v) is 22.8. The highest BCUT2D eigenvalue weighted by Gasteiger charge is 2.31. The van der Waals surface area contributed by atoms with Gasteiger partial charge in [-0.25, -0.2) is 9.97 Å². The molecule has 3 heterocycles.